The summed E-state index contributed by atoms with van der Waals surface area (Å²) in [6.07, 6.45) is 5.53. The van der Waals surface area contributed by atoms with E-state index in [2.05, 4.69) is 15.6 Å². The van der Waals surface area contributed by atoms with Gasteiger partial charge in [0, 0.05) is 50.4 Å². The number of amides is 1. The number of rotatable bonds is 6. The maximum Gasteiger partial charge on any atom is 0.227 e. The molecule has 2 aliphatic heterocycles. The molecule has 7 heteroatoms. The molecule has 0 atom stereocenters. The summed E-state index contributed by atoms with van der Waals surface area (Å²) in [6.45, 7) is 6.51. The average Bonchev–Trinajstić information content (AvgIpc) is 3.36. The highest BCUT2D eigenvalue weighted by molar-refractivity contribution is 6.05. The number of pyridine rings is 1. The molecule has 3 aromatic rings. The molecular weight excluding hydrogens is 380 g/mol. The molecule has 7 nitrogen and oxygen atoms in total. The minimum atomic E-state index is 0.194. The number of hydrogen-bond donors (Lipinski definition) is 0. The van der Waals surface area contributed by atoms with E-state index in [0.29, 0.717) is 25.6 Å². The molecule has 2 aliphatic rings. The second-order valence-corrected chi connectivity index (χ2v) is 8.17. The van der Waals surface area contributed by atoms with E-state index in [4.69, 9.17) is 14.5 Å². The number of carbonyl (C=O) groups is 1. The first-order valence-corrected chi connectivity index (χ1v) is 11.0. The topological polar surface area (TPSA) is 69.5 Å². The quantitative estimate of drug-likeness (QED) is 0.622. The van der Waals surface area contributed by atoms with Gasteiger partial charge in [-0.2, -0.15) is 0 Å². The smallest absolute Gasteiger partial charge is 0.227 e. The van der Waals surface area contributed by atoms with E-state index in [0.717, 1.165) is 79.0 Å². The van der Waals surface area contributed by atoms with Crippen LogP contribution in [-0.2, 0) is 27.4 Å². The molecule has 0 spiro atoms. The van der Waals surface area contributed by atoms with Crippen molar-refractivity contribution >= 4 is 33.5 Å². The Bertz CT molecular complexity index is 1070. The van der Waals surface area contributed by atoms with Crippen molar-refractivity contribution in [3.8, 4) is 0 Å². The van der Waals surface area contributed by atoms with Crippen LogP contribution in [0.25, 0.3) is 21.9 Å². The Morgan fingerprint density at radius 2 is 2.10 bits per heavy atom. The van der Waals surface area contributed by atoms with Gasteiger partial charge in [0.15, 0.2) is 0 Å². The first kappa shape index (κ1) is 19.5. The molecule has 5 rings (SSSR count). The lowest BCUT2D eigenvalue weighted by Gasteiger charge is -2.24. The molecule has 0 saturated carbocycles. The van der Waals surface area contributed by atoms with E-state index in [1.807, 2.05) is 30.2 Å². The van der Waals surface area contributed by atoms with Gasteiger partial charge in [0.25, 0.3) is 0 Å². The molecule has 30 heavy (non-hydrogen) atoms. The molecule has 158 valence electrons. The number of ether oxygens (including phenoxy) is 2. The van der Waals surface area contributed by atoms with Crippen LogP contribution in [0.4, 0.5) is 5.69 Å². The van der Waals surface area contributed by atoms with Gasteiger partial charge in [-0.15, -0.1) is 0 Å². The largest absolute Gasteiger partial charge is 0.381 e. The van der Waals surface area contributed by atoms with Gasteiger partial charge < -0.3 is 18.9 Å². The van der Waals surface area contributed by atoms with Crippen LogP contribution in [0.2, 0.25) is 0 Å². The van der Waals surface area contributed by atoms with Crippen molar-refractivity contribution in [1.29, 1.82) is 0 Å². The summed E-state index contributed by atoms with van der Waals surface area (Å²) in [5, 5.41) is 1.07. The number of aromatic nitrogens is 3. The van der Waals surface area contributed by atoms with Gasteiger partial charge in [0.2, 0.25) is 5.91 Å². The monoisotopic (exact) mass is 408 g/mol. The summed E-state index contributed by atoms with van der Waals surface area (Å²) < 4.78 is 13.6. The third-order valence-corrected chi connectivity index (χ3v) is 6.24. The van der Waals surface area contributed by atoms with Gasteiger partial charge in [0.1, 0.15) is 17.9 Å². The van der Waals surface area contributed by atoms with Crippen LogP contribution in [0.1, 0.15) is 38.4 Å². The Morgan fingerprint density at radius 3 is 2.87 bits per heavy atom. The molecule has 0 radical (unpaired) electrons. The number of benzene rings is 1. The van der Waals surface area contributed by atoms with Crippen molar-refractivity contribution in [2.75, 3.05) is 31.3 Å². The van der Waals surface area contributed by atoms with Crippen molar-refractivity contribution in [2.45, 2.75) is 45.8 Å². The molecule has 0 aliphatic carbocycles. The second-order valence-electron chi connectivity index (χ2n) is 8.17. The zero-order chi connectivity index (χ0) is 20.5. The van der Waals surface area contributed by atoms with E-state index in [-0.39, 0.29) is 5.91 Å². The highest BCUT2D eigenvalue weighted by Gasteiger charge is 2.23. The van der Waals surface area contributed by atoms with Gasteiger partial charge in [0.05, 0.1) is 17.2 Å². The Labute approximate surface area is 176 Å². The Balaban J connectivity index is 1.59. The van der Waals surface area contributed by atoms with E-state index >= 15 is 0 Å². The molecule has 2 aromatic heterocycles. The summed E-state index contributed by atoms with van der Waals surface area (Å²) in [6, 6.07) is 6.17. The predicted molar refractivity (Wildman–Crippen MR) is 115 cm³/mol. The number of carbonyl (C=O) groups excluding carboxylic acids is 1. The van der Waals surface area contributed by atoms with Gasteiger partial charge in [-0.05, 0) is 50.3 Å². The van der Waals surface area contributed by atoms with E-state index in [9.17, 15) is 4.79 Å². The predicted octanol–water partition coefficient (Wildman–Crippen LogP) is 3.67. The Hall–Kier alpha value is -2.51. The average molecular weight is 409 g/mol. The molecule has 0 N–H and O–H groups in total. The molecule has 4 heterocycles. The summed E-state index contributed by atoms with van der Waals surface area (Å²) in [7, 11) is 0. The highest BCUT2D eigenvalue weighted by atomic mass is 16.5. The fraction of sp³-hybridized carbons (Fsp3) is 0.522. The maximum atomic E-state index is 12.2. The standard InChI is InChI=1S/C23H28N4O3/c1-2-29-15-21-25-20-13-24-19-12-17(26-9-3-4-22(26)28)5-6-18(19)23(20)27(21)14-16-7-10-30-11-8-16/h5-6,12-13,16H,2-4,7-11,14-15H2,1H3. The maximum absolute atomic E-state index is 12.2. The number of imidazole rings is 1. The summed E-state index contributed by atoms with van der Waals surface area (Å²) in [4.78, 5) is 23.6. The van der Waals surface area contributed by atoms with Crippen molar-refractivity contribution in [1.82, 2.24) is 14.5 Å². The fourth-order valence-corrected chi connectivity index (χ4v) is 4.63. The van der Waals surface area contributed by atoms with Crippen LogP contribution >= 0.6 is 0 Å². The molecular formula is C23H28N4O3. The van der Waals surface area contributed by atoms with E-state index < -0.39 is 0 Å². The molecule has 0 unspecified atom stereocenters. The van der Waals surface area contributed by atoms with Gasteiger partial charge in [-0.1, -0.05) is 0 Å². The third kappa shape index (κ3) is 3.56. The van der Waals surface area contributed by atoms with E-state index in [1.54, 1.807) is 0 Å². The van der Waals surface area contributed by atoms with Crippen LogP contribution in [0, 0.1) is 5.92 Å². The molecule has 1 amide bonds. The number of fused-ring (bicyclic) bond motifs is 3. The van der Waals surface area contributed by atoms with Crippen molar-refractivity contribution in [3.05, 3.63) is 30.2 Å². The van der Waals surface area contributed by atoms with Crippen LogP contribution in [0.5, 0.6) is 0 Å². The van der Waals surface area contributed by atoms with Crippen molar-refractivity contribution < 1.29 is 14.3 Å². The van der Waals surface area contributed by atoms with Crippen LogP contribution in [0.15, 0.2) is 24.4 Å². The van der Waals surface area contributed by atoms with Crippen LogP contribution < -0.4 is 4.90 Å². The van der Waals surface area contributed by atoms with Crippen molar-refractivity contribution in [2.24, 2.45) is 5.92 Å². The summed E-state index contributed by atoms with van der Waals surface area (Å²) in [5.41, 5.74) is 3.84. The molecule has 0 bridgehead atoms. The molecule has 2 saturated heterocycles. The minimum absolute atomic E-state index is 0.194. The highest BCUT2D eigenvalue weighted by Crippen LogP contribution is 2.31. The van der Waals surface area contributed by atoms with Gasteiger partial charge in [-0.3, -0.25) is 9.78 Å². The lowest BCUT2D eigenvalue weighted by Crippen LogP contribution is -2.23. The zero-order valence-corrected chi connectivity index (χ0v) is 17.5. The lowest BCUT2D eigenvalue weighted by atomic mass is 10.00. The molecule has 2 fully saturated rings. The molecule has 1 aromatic carbocycles. The first-order valence-electron chi connectivity index (χ1n) is 11.0. The number of hydrogen-bond acceptors (Lipinski definition) is 5. The summed E-state index contributed by atoms with van der Waals surface area (Å²) >= 11 is 0. The Kier molecular flexibility index (Phi) is 5.39. The first-order chi connectivity index (χ1) is 14.7. The Morgan fingerprint density at radius 1 is 1.23 bits per heavy atom. The normalized spacial score (nSPS) is 18.2. The van der Waals surface area contributed by atoms with Crippen molar-refractivity contribution in [3.63, 3.8) is 0 Å². The minimum Gasteiger partial charge on any atom is -0.381 e. The fourth-order valence-electron chi connectivity index (χ4n) is 4.63. The van der Waals surface area contributed by atoms with Crippen LogP contribution in [-0.4, -0.2) is 46.8 Å². The second kappa shape index (κ2) is 8.32. The van der Waals surface area contributed by atoms with E-state index in [1.165, 1.54) is 0 Å². The van der Waals surface area contributed by atoms with Gasteiger partial charge >= 0.3 is 0 Å². The number of anilines is 1. The van der Waals surface area contributed by atoms with Crippen LogP contribution in [0.3, 0.4) is 0 Å². The van der Waals surface area contributed by atoms with Gasteiger partial charge in [-0.25, -0.2) is 4.98 Å². The zero-order valence-electron chi connectivity index (χ0n) is 17.5. The third-order valence-electron chi connectivity index (χ3n) is 6.24. The number of nitrogens with zero attached hydrogens (tertiary/aromatic N) is 4. The lowest BCUT2D eigenvalue weighted by molar-refractivity contribution is -0.117. The summed E-state index contributed by atoms with van der Waals surface area (Å²) in [5.74, 6) is 1.71. The SMILES string of the molecule is CCOCc1nc2cnc3cc(N4CCCC4=O)ccc3c2n1CC1CCOCC1.